The lowest BCUT2D eigenvalue weighted by Crippen LogP contribution is -2.09. The van der Waals surface area contributed by atoms with Gasteiger partial charge in [-0.15, -0.1) is 0 Å². The molecule has 2 aromatic rings. The lowest BCUT2D eigenvalue weighted by atomic mass is 9.90. The summed E-state index contributed by atoms with van der Waals surface area (Å²) in [6.07, 6.45) is 7.12. The van der Waals surface area contributed by atoms with E-state index in [1.165, 1.54) is 17.6 Å². The second kappa shape index (κ2) is 3.55. The molecule has 0 amide bonds. The van der Waals surface area contributed by atoms with Crippen LogP contribution < -0.4 is 0 Å². The summed E-state index contributed by atoms with van der Waals surface area (Å²) in [5.41, 5.74) is 3.48. The van der Waals surface area contributed by atoms with Crippen molar-refractivity contribution in [1.29, 1.82) is 0 Å². The molecule has 1 N–H and O–H groups in total. The highest BCUT2D eigenvalue weighted by molar-refractivity contribution is 6.05. The van der Waals surface area contributed by atoms with E-state index in [1.807, 2.05) is 18.3 Å². The summed E-state index contributed by atoms with van der Waals surface area (Å²) in [6, 6.07) is 6.28. The third kappa shape index (κ3) is 1.30. The van der Waals surface area contributed by atoms with Crippen LogP contribution in [0, 0.1) is 11.8 Å². The van der Waals surface area contributed by atoms with E-state index in [2.05, 4.69) is 22.3 Å². The average Bonchev–Trinajstić information content (AvgIpc) is 3.06. The number of carbonyl (C=O) groups excluding carboxylic acids is 1. The van der Waals surface area contributed by atoms with Crippen molar-refractivity contribution < 1.29 is 4.79 Å². The van der Waals surface area contributed by atoms with Gasteiger partial charge >= 0.3 is 0 Å². The SMILES string of the molecule is O=C1C=C(c2ccc3[nH]ncc3c2)C2CCCC12. The maximum atomic E-state index is 12.0. The number of benzene rings is 1. The number of hydrogen-bond acceptors (Lipinski definition) is 2. The Kier molecular flexibility index (Phi) is 1.98. The lowest BCUT2D eigenvalue weighted by molar-refractivity contribution is -0.117. The van der Waals surface area contributed by atoms with Gasteiger partial charge in [0, 0.05) is 11.3 Å². The number of nitrogens with one attached hydrogen (secondary N) is 1. The van der Waals surface area contributed by atoms with E-state index in [1.54, 1.807) is 0 Å². The zero-order chi connectivity index (χ0) is 12.1. The molecule has 1 fully saturated rings. The molecule has 3 heteroatoms. The Bertz CT molecular complexity index is 668. The van der Waals surface area contributed by atoms with Gasteiger partial charge in [-0.2, -0.15) is 5.10 Å². The first-order valence-electron chi connectivity index (χ1n) is 6.52. The molecule has 1 aromatic carbocycles. The van der Waals surface area contributed by atoms with Gasteiger partial charge in [-0.05, 0) is 48.1 Å². The third-order valence-electron chi connectivity index (χ3n) is 4.35. The second-order valence-electron chi connectivity index (χ2n) is 5.32. The number of rotatable bonds is 1. The Labute approximate surface area is 105 Å². The van der Waals surface area contributed by atoms with E-state index in [0.717, 1.165) is 23.7 Å². The largest absolute Gasteiger partial charge is 0.295 e. The molecule has 0 aliphatic heterocycles. The fraction of sp³-hybridized carbons (Fsp3) is 0.333. The number of allylic oxidation sites excluding steroid dienone is 2. The molecule has 0 spiro atoms. The Balaban J connectivity index is 1.82. The maximum Gasteiger partial charge on any atom is 0.159 e. The molecule has 2 aliphatic rings. The summed E-state index contributed by atoms with van der Waals surface area (Å²) in [5, 5.41) is 8.11. The average molecular weight is 238 g/mol. The summed E-state index contributed by atoms with van der Waals surface area (Å²) < 4.78 is 0. The summed E-state index contributed by atoms with van der Waals surface area (Å²) in [6.45, 7) is 0. The monoisotopic (exact) mass is 238 g/mol. The van der Waals surface area contributed by atoms with Crippen molar-refractivity contribution in [1.82, 2.24) is 10.2 Å². The molecule has 1 heterocycles. The second-order valence-corrected chi connectivity index (χ2v) is 5.32. The predicted octanol–water partition coefficient (Wildman–Crippen LogP) is 2.95. The number of nitrogens with zero attached hydrogens (tertiary/aromatic N) is 1. The predicted molar refractivity (Wildman–Crippen MR) is 69.9 cm³/mol. The van der Waals surface area contributed by atoms with Crippen LogP contribution in [-0.4, -0.2) is 16.0 Å². The quantitative estimate of drug-likeness (QED) is 0.830. The minimum Gasteiger partial charge on any atom is -0.295 e. The van der Waals surface area contributed by atoms with Crippen molar-refractivity contribution in [2.45, 2.75) is 19.3 Å². The van der Waals surface area contributed by atoms with E-state index in [0.29, 0.717) is 11.7 Å². The summed E-state index contributed by atoms with van der Waals surface area (Å²) in [5.74, 6) is 1.06. The van der Waals surface area contributed by atoms with Crippen LogP contribution in [0.25, 0.3) is 16.5 Å². The molecule has 1 aromatic heterocycles. The van der Waals surface area contributed by atoms with Crippen LogP contribution in [-0.2, 0) is 4.79 Å². The molecule has 0 saturated heterocycles. The summed E-state index contributed by atoms with van der Waals surface area (Å²) in [7, 11) is 0. The topological polar surface area (TPSA) is 45.8 Å². The van der Waals surface area contributed by atoms with Gasteiger partial charge in [0.2, 0.25) is 0 Å². The first kappa shape index (κ1) is 10.1. The minimum absolute atomic E-state index is 0.264. The number of ketones is 1. The molecule has 2 aliphatic carbocycles. The highest BCUT2D eigenvalue weighted by atomic mass is 16.1. The van der Waals surface area contributed by atoms with Crippen LogP contribution in [0.3, 0.4) is 0 Å². The van der Waals surface area contributed by atoms with Gasteiger partial charge in [0.05, 0.1) is 11.7 Å². The first-order valence-corrected chi connectivity index (χ1v) is 6.52. The van der Waals surface area contributed by atoms with Crippen molar-refractivity contribution in [3.8, 4) is 0 Å². The van der Waals surface area contributed by atoms with Crippen molar-refractivity contribution in [2.24, 2.45) is 11.8 Å². The normalized spacial score (nSPS) is 26.7. The Morgan fingerprint density at radius 1 is 1.22 bits per heavy atom. The van der Waals surface area contributed by atoms with E-state index in [-0.39, 0.29) is 5.92 Å². The Morgan fingerprint density at radius 3 is 3.06 bits per heavy atom. The number of aromatic amines is 1. The molecule has 0 bridgehead atoms. The van der Waals surface area contributed by atoms with Gasteiger partial charge in [-0.25, -0.2) is 0 Å². The molecule has 2 atom stereocenters. The minimum atomic E-state index is 0.264. The molecule has 18 heavy (non-hydrogen) atoms. The van der Waals surface area contributed by atoms with Gasteiger partial charge in [0.1, 0.15) is 0 Å². The first-order chi connectivity index (χ1) is 8.83. The van der Waals surface area contributed by atoms with Gasteiger partial charge in [0.25, 0.3) is 0 Å². The van der Waals surface area contributed by atoms with Gasteiger partial charge in [-0.1, -0.05) is 12.5 Å². The van der Waals surface area contributed by atoms with E-state index < -0.39 is 0 Å². The van der Waals surface area contributed by atoms with Gasteiger partial charge in [-0.3, -0.25) is 9.89 Å². The number of aromatic nitrogens is 2. The number of fused-ring (bicyclic) bond motifs is 2. The van der Waals surface area contributed by atoms with Crippen LogP contribution in [0.4, 0.5) is 0 Å². The lowest BCUT2D eigenvalue weighted by Gasteiger charge is -2.13. The van der Waals surface area contributed by atoms with Gasteiger partial charge in [0.15, 0.2) is 5.78 Å². The van der Waals surface area contributed by atoms with E-state index in [4.69, 9.17) is 0 Å². The van der Waals surface area contributed by atoms with Crippen molar-refractivity contribution in [2.75, 3.05) is 0 Å². The van der Waals surface area contributed by atoms with Crippen molar-refractivity contribution >= 4 is 22.3 Å². The molecule has 2 unspecified atom stereocenters. The molecule has 90 valence electrons. The zero-order valence-corrected chi connectivity index (χ0v) is 10.0. The fourth-order valence-corrected chi connectivity index (χ4v) is 3.46. The standard InChI is InChI=1S/C15H14N2O/c18-15-7-13(11-2-1-3-12(11)15)9-4-5-14-10(6-9)8-16-17-14/h4-8,11-12H,1-3H2,(H,16,17). The Hall–Kier alpha value is -1.90. The smallest absolute Gasteiger partial charge is 0.159 e. The molecular weight excluding hydrogens is 224 g/mol. The third-order valence-corrected chi connectivity index (χ3v) is 4.35. The highest BCUT2D eigenvalue weighted by Gasteiger charge is 2.39. The number of hydrogen-bond donors (Lipinski definition) is 1. The van der Waals surface area contributed by atoms with Gasteiger partial charge < -0.3 is 0 Å². The molecule has 0 radical (unpaired) electrons. The van der Waals surface area contributed by atoms with Crippen LogP contribution in [0.1, 0.15) is 24.8 Å². The van der Waals surface area contributed by atoms with Crippen LogP contribution in [0.15, 0.2) is 30.5 Å². The highest BCUT2D eigenvalue weighted by Crippen LogP contribution is 2.46. The van der Waals surface area contributed by atoms with E-state index in [9.17, 15) is 4.79 Å². The number of H-pyrrole nitrogens is 1. The molecular formula is C15H14N2O. The van der Waals surface area contributed by atoms with Crippen LogP contribution >= 0.6 is 0 Å². The maximum absolute atomic E-state index is 12.0. The molecule has 4 rings (SSSR count). The Morgan fingerprint density at radius 2 is 2.11 bits per heavy atom. The summed E-state index contributed by atoms with van der Waals surface area (Å²) in [4.78, 5) is 12.0. The number of carbonyl (C=O) groups is 1. The summed E-state index contributed by atoms with van der Waals surface area (Å²) >= 11 is 0. The zero-order valence-electron chi connectivity index (χ0n) is 10.0. The van der Waals surface area contributed by atoms with Crippen molar-refractivity contribution in [3.63, 3.8) is 0 Å². The molecule has 3 nitrogen and oxygen atoms in total. The van der Waals surface area contributed by atoms with Crippen LogP contribution in [0.2, 0.25) is 0 Å². The fourth-order valence-electron chi connectivity index (χ4n) is 3.46. The van der Waals surface area contributed by atoms with E-state index >= 15 is 0 Å². The van der Waals surface area contributed by atoms with Crippen molar-refractivity contribution in [3.05, 3.63) is 36.0 Å². The van der Waals surface area contributed by atoms with Crippen LogP contribution in [0.5, 0.6) is 0 Å². The molecule has 1 saturated carbocycles.